The van der Waals surface area contributed by atoms with E-state index in [9.17, 15) is 4.79 Å². The van der Waals surface area contributed by atoms with E-state index in [2.05, 4.69) is 16.8 Å². The van der Waals surface area contributed by atoms with Crippen LogP contribution >= 0.6 is 0 Å². The molecule has 1 heterocycles. The van der Waals surface area contributed by atoms with Crippen LogP contribution in [0.2, 0.25) is 0 Å². The molecule has 0 aliphatic rings. The quantitative estimate of drug-likeness (QED) is 0.645. The number of carbonyl (C=O) groups is 1. The summed E-state index contributed by atoms with van der Waals surface area (Å²) in [4.78, 5) is 14.4. The van der Waals surface area contributed by atoms with Gasteiger partial charge in [0.2, 0.25) is 5.88 Å². The zero-order chi connectivity index (χ0) is 10.6. The number of carbonyl (C=O) groups excluding carboxylic acids is 1. The van der Waals surface area contributed by atoms with Crippen molar-refractivity contribution < 1.29 is 9.53 Å². The Morgan fingerprint density at radius 2 is 2.36 bits per heavy atom. The van der Waals surface area contributed by atoms with E-state index in [1.54, 1.807) is 13.2 Å². The van der Waals surface area contributed by atoms with Crippen LogP contribution in [0.1, 0.15) is 11.1 Å². The molecule has 1 amide bonds. The number of pyridine rings is 1. The van der Waals surface area contributed by atoms with Crippen LogP contribution < -0.4 is 10.5 Å². The van der Waals surface area contributed by atoms with Crippen LogP contribution in [0.25, 0.3) is 0 Å². The lowest BCUT2D eigenvalue weighted by molar-refractivity contribution is -0.112. The smallest absolute Gasteiger partial charge is 0.293 e. The molecule has 1 rings (SSSR count). The maximum absolute atomic E-state index is 10.4. The Hall–Kier alpha value is -2.02. The molecule has 14 heavy (non-hydrogen) atoms. The number of rotatable bonds is 1. The van der Waals surface area contributed by atoms with E-state index in [4.69, 9.17) is 10.5 Å². The van der Waals surface area contributed by atoms with E-state index in [-0.39, 0.29) is 0 Å². The summed E-state index contributed by atoms with van der Waals surface area (Å²) < 4.78 is 4.97. The van der Waals surface area contributed by atoms with Crippen LogP contribution in [0.5, 0.6) is 5.88 Å². The summed E-state index contributed by atoms with van der Waals surface area (Å²) in [6.45, 7) is 1.85. The van der Waals surface area contributed by atoms with Crippen LogP contribution in [-0.4, -0.2) is 18.0 Å². The largest absolute Gasteiger partial charge is 0.481 e. The van der Waals surface area contributed by atoms with Crippen LogP contribution in [0.15, 0.2) is 12.3 Å². The lowest BCUT2D eigenvalue weighted by atomic mass is 10.2. The number of ether oxygens (including phenoxy) is 1. The highest BCUT2D eigenvalue weighted by molar-refractivity contribution is 5.92. The number of aromatic nitrogens is 1. The van der Waals surface area contributed by atoms with Gasteiger partial charge in [-0.15, -0.1) is 0 Å². The summed E-state index contributed by atoms with van der Waals surface area (Å²) in [7, 11) is 1.55. The molecule has 1 aromatic heterocycles. The Labute approximate surface area is 82.1 Å². The molecule has 0 unspecified atom stereocenters. The second-order valence-corrected chi connectivity index (χ2v) is 2.66. The first-order valence-electron chi connectivity index (χ1n) is 3.95. The van der Waals surface area contributed by atoms with Crippen molar-refractivity contribution >= 4 is 5.91 Å². The van der Waals surface area contributed by atoms with Gasteiger partial charge in [0.25, 0.3) is 5.91 Å². The van der Waals surface area contributed by atoms with Gasteiger partial charge < -0.3 is 10.5 Å². The third-order valence-electron chi connectivity index (χ3n) is 1.55. The number of hydrogen-bond donors (Lipinski definition) is 1. The van der Waals surface area contributed by atoms with Gasteiger partial charge in [0.05, 0.1) is 7.11 Å². The summed E-state index contributed by atoms with van der Waals surface area (Å²) in [5, 5.41) is 0. The summed E-state index contributed by atoms with van der Waals surface area (Å²) in [5.41, 5.74) is 6.38. The molecule has 0 saturated carbocycles. The van der Waals surface area contributed by atoms with Gasteiger partial charge in [0.15, 0.2) is 0 Å². The van der Waals surface area contributed by atoms with Crippen LogP contribution in [0, 0.1) is 18.8 Å². The number of aryl methyl sites for hydroxylation is 1. The summed E-state index contributed by atoms with van der Waals surface area (Å²) in [6, 6.07) is 1.78. The molecule has 0 aliphatic heterocycles. The summed E-state index contributed by atoms with van der Waals surface area (Å²) in [5.74, 6) is 4.72. The van der Waals surface area contributed by atoms with Gasteiger partial charge in [0, 0.05) is 23.2 Å². The number of primary amides is 1. The number of nitrogens with two attached hydrogens (primary N) is 1. The summed E-state index contributed by atoms with van der Waals surface area (Å²) >= 11 is 0. The molecule has 0 aromatic carbocycles. The molecule has 72 valence electrons. The number of hydrogen-bond acceptors (Lipinski definition) is 3. The van der Waals surface area contributed by atoms with Crippen molar-refractivity contribution in [2.45, 2.75) is 6.92 Å². The minimum atomic E-state index is -0.654. The van der Waals surface area contributed by atoms with E-state index in [0.29, 0.717) is 11.4 Å². The Bertz CT molecular complexity index is 416. The van der Waals surface area contributed by atoms with Crippen molar-refractivity contribution in [2.24, 2.45) is 5.73 Å². The predicted molar refractivity (Wildman–Crippen MR) is 51.6 cm³/mol. The normalized spacial score (nSPS) is 8.71. The molecule has 0 spiro atoms. The number of amides is 1. The number of nitrogens with zero attached hydrogens (tertiary/aromatic N) is 1. The topological polar surface area (TPSA) is 65.2 Å². The van der Waals surface area contributed by atoms with Crippen molar-refractivity contribution in [1.82, 2.24) is 4.98 Å². The molecule has 0 atom stereocenters. The zero-order valence-corrected chi connectivity index (χ0v) is 8.00. The first kappa shape index (κ1) is 10.1. The molecule has 2 N–H and O–H groups in total. The van der Waals surface area contributed by atoms with E-state index >= 15 is 0 Å². The second-order valence-electron chi connectivity index (χ2n) is 2.66. The van der Waals surface area contributed by atoms with Gasteiger partial charge in [-0.25, -0.2) is 4.98 Å². The van der Waals surface area contributed by atoms with E-state index in [1.165, 1.54) is 6.20 Å². The average Bonchev–Trinajstić information content (AvgIpc) is 2.15. The van der Waals surface area contributed by atoms with Gasteiger partial charge in [-0.2, -0.15) is 0 Å². The van der Waals surface area contributed by atoms with Gasteiger partial charge in [-0.3, -0.25) is 4.79 Å². The molecule has 0 aliphatic carbocycles. The molecular weight excluding hydrogens is 180 g/mol. The standard InChI is InChI=1S/C10H10N2O2/c1-7-5-8(3-4-9(11)13)6-12-10(7)14-2/h5-6H,1-2H3,(H2,11,13). The third kappa shape index (κ3) is 2.49. The SMILES string of the molecule is COc1ncc(C#CC(N)=O)cc1C. The zero-order valence-electron chi connectivity index (χ0n) is 8.00. The fraction of sp³-hybridized carbons (Fsp3) is 0.200. The predicted octanol–water partition coefficient (Wildman–Crippen LogP) is 0.235. The fourth-order valence-electron chi connectivity index (χ4n) is 0.978. The first-order chi connectivity index (χ1) is 6.63. The maximum Gasteiger partial charge on any atom is 0.293 e. The van der Waals surface area contributed by atoms with E-state index < -0.39 is 5.91 Å². The van der Waals surface area contributed by atoms with Crippen LogP contribution in [-0.2, 0) is 4.79 Å². The second kappa shape index (κ2) is 4.28. The van der Waals surface area contributed by atoms with E-state index in [1.807, 2.05) is 6.92 Å². The molecule has 1 aromatic rings. The highest BCUT2D eigenvalue weighted by atomic mass is 16.5. The molecule has 0 fully saturated rings. The minimum absolute atomic E-state index is 0.551. The number of methoxy groups -OCH3 is 1. The van der Waals surface area contributed by atoms with Crippen molar-refractivity contribution in [3.05, 3.63) is 23.4 Å². The van der Waals surface area contributed by atoms with Gasteiger partial charge in [-0.1, -0.05) is 5.92 Å². The van der Waals surface area contributed by atoms with Crippen molar-refractivity contribution in [2.75, 3.05) is 7.11 Å². The van der Waals surface area contributed by atoms with E-state index in [0.717, 1.165) is 5.56 Å². The lowest BCUT2D eigenvalue weighted by Crippen LogP contribution is -2.06. The third-order valence-corrected chi connectivity index (χ3v) is 1.55. The van der Waals surface area contributed by atoms with Gasteiger partial charge >= 0.3 is 0 Å². The highest BCUT2D eigenvalue weighted by Crippen LogP contribution is 2.13. The average molecular weight is 190 g/mol. The minimum Gasteiger partial charge on any atom is -0.481 e. The summed E-state index contributed by atoms with van der Waals surface area (Å²) in [6.07, 6.45) is 1.53. The Morgan fingerprint density at radius 1 is 1.64 bits per heavy atom. The monoisotopic (exact) mass is 190 g/mol. The Balaban J connectivity index is 2.99. The molecule has 4 nitrogen and oxygen atoms in total. The molecule has 0 radical (unpaired) electrons. The molecule has 0 bridgehead atoms. The lowest BCUT2D eigenvalue weighted by Gasteiger charge is -2.01. The Kier molecular flexibility index (Phi) is 3.08. The molecule has 4 heteroatoms. The molecular formula is C10H10N2O2. The van der Waals surface area contributed by atoms with Crippen molar-refractivity contribution in [1.29, 1.82) is 0 Å². The Morgan fingerprint density at radius 3 is 2.86 bits per heavy atom. The highest BCUT2D eigenvalue weighted by Gasteiger charge is 1.99. The van der Waals surface area contributed by atoms with Crippen molar-refractivity contribution in [3.63, 3.8) is 0 Å². The van der Waals surface area contributed by atoms with Gasteiger partial charge in [0.1, 0.15) is 0 Å². The maximum atomic E-state index is 10.4. The fourth-order valence-corrected chi connectivity index (χ4v) is 0.978. The molecule has 0 saturated heterocycles. The van der Waals surface area contributed by atoms with Gasteiger partial charge in [-0.05, 0) is 13.0 Å². The van der Waals surface area contributed by atoms with Crippen LogP contribution in [0.4, 0.5) is 0 Å². The van der Waals surface area contributed by atoms with Crippen LogP contribution in [0.3, 0.4) is 0 Å². The first-order valence-corrected chi connectivity index (χ1v) is 3.95. The van der Waals surface area contributed by atoms with Crippen molar-refractivity contribution in [3.8, 4) is 17.7 Å².